The maximum atomic E-state index is 12.1. The van der Waals surface area contributed by atoms with Gasteiger partial charge in [-0.2, -0.15) is 0 Å². The topological polar surface area (TPSA) is 76.2 Å². The fraction of sp³-hybridized carbons (Fsp3) is 0.357. The number of hydrogen-bond acceptors (Lipinski definition) is 5. The molecule has 1 saturated heterocycles. The Morgan fingerprint density at radius 2 is 1.77 bits per heavy atom. The van der Waals surface area contributed by atoms with E-state index >= 15 is 0 Å². The van der Waals surface area contributed by atoms with E-state index in [0.717, 1.165) is 9.80 Å². The van der Waals surface area contributed by atoms with Gasteiger partial charge in [-0.3, -0.25) is 19.4 Å². The van der Waals surface area contributed by atoms with Crippen molar-refractivity contribution in [2.75, 3.05) is 19.8 Å². The summed E-state index contributed by atoms with van der Waals surface area (Å²) in [5.74, 6) is -0.734. The number of benzene rings is 1. The van der Waals surface area contributed by atoms with Crippen LogP contribution in [0.4, 0.5) is 4.79 Å². The first-order chi connectivity index (χ1) is 10.5. The van der Waals surface area contributed by atoms with Gasteiger partial charge in [-0.1, -0.05) is 11.6 Å². The Hall–Kier alpha value is -2.28. The van der Waals surface area contributed by atoms with Crippen LogP contribution in [0.5, 0.6) is 11.5 Å². The molecule has 1 aromatic rings. The highest BCUT2D eigenvalue weighted by Crippen LogP contribution is 2.38. The molecule has 0 aromatic heterocycles. The Morgan fingerprint density at radius 1 is 1.09 bits per heavy atom. The molecule has 2 aliphatic rings. The van der Waals surface area contributed by atoms with Gasteiger partial charge >= 0.3 is 17.8 Å². The highest BCUT2D eigenvalue weighted by molar-refractivity contribution is 6.44. The third kappa shape index (κ3) is 2.27. The number of hydrogen-bond donors (Lipinski definition) is 0. The number of urea groups is 1. The number of rotatable bonds is 3. The number of fused-ring (bicyclic) bond motifs is 1. The maximum Gasteiger partial charge on any atom is 0.334 e. The lowest BCUT2D eigenvalue weighted by atomic mass is 10.2. The normalized spacial score (nSPS) is 17.5. The molecule has 7 nitrogen and oxygen atoms in total. The average Bonchev–Trinajstić information content (AvgIpc) is 2.71. The first-order valence-corrected chi connectivity index (χ1v) is 7.16. The lowest BCUT2D eigenvalue weighted by molar-refractivity contribution is -0.143. The van der Waals surface area contributed by atoms with Crippen LogP contribution < -0.4 is 9.47 Å². The van der Waals surface area contributed by atoms with Crippen molar-refractivity contribution in [3.63, 3.8) is 0 Å². The molecule has 22 heavy (non-hydrogen) atoms. The molecule has 1 aromatic carbocycles. The summed E-state index contributed by atoms with van der Waals surface area (Å²) in [7, 11) is 0. The summed E-state index contributed by atoms with van der Waals surface area (Å²) in [6.45, 7) is 2.55. The molecule has 0 N–H and O–H groups in total. The monoisotopic (exact) mass is 324 g/mol. The van der Waals surface area contributed by atoms with Gasteiger partial charge in [-0.05, 0) is 24.6 Å². The van der Waals surface area contributed by atoms with Crippen molar-refractivity contribution >= 4 is 29.4 Å². The molecule has 116 valence electrons. The molecule has 0 aliphatic carbocycles. The standard InChI is InChI=1S/C14H13ClN2O5/c1-2-16-12(18)13(19)17(14(16)20)7-8-5-9(15)11-10(6-8)21-3-4-22-11/h5-6H,2-4,7H2,1H3. The van der Waals surface area contributed by atoms with Crippen LogP contribution in [0.25, 0.3) is 0 Å². The largest absolute Gasteiger partial charge is 0.486 e. The van der Waals surface area contributed by atoms with Gasteiger partial charge < -0.3 is 9.47 Å². The first kappa shape index (κ1) is 14.6. The molecule has 2 heterocycles. The second-order valence-corrected chi connectivity index (χ2v) is 5.23. The molecule has 0 atom stereocenters. The third-order valence-corrected chi connectivity index (χ3v) is 3.73. The zero-order valence-electron chi connectivity index (χ0n) is 11.8. The van der Waals surface area contributed by atoms with Crippen LogP contribution >= 0.6 is 11.6 Å². The van der Waals surface area contributed by atoms with Crippen LogP contribution in [0.3, 0.4) is 0 Å². The SMILES string of the molecule is CCN1C(=O)C(=O)N(Cc2cc(Cl)c3c(c2)OCCO3)C1=O. The second kappa shape index (κ2) is 5.49. The molecule has 1 fully saturated rings. The van der Waals surface area contributed by atoms with Crippen LogP contribution in [0.1, 0.15) is 12.5 Å². The minimum absolute atomic E-state index is 0.0454. The van der Waals surface area contributed by atoms with E-state index in [9.17, 15) is 14.4 Å². The zero-order chi connectivity index (χ0) is 15.9. The Morgan fingerprint density at radius 3 is 2.45 bits per heavy atom. The average molecular weight is 325 g/mol. The molecule has 2 aliphatic heterocycles. The van der Waals surface area contributed by atoms with Crippen LogP contribution in [-0.2, 0) is 16.1 Å². The molecule has 0 spiro atoms. The van der Waals surface area contributed by atoms with E-state index in [1.165, 1.54) is 0 Å². The van der Waals surface area contributed by atoms with Gasteiger partial charge in [0, 0.05) is 6.54 Å². The van der Waals surface area contributed by atoms with Crippen molar-refractivity contribution in [1.29, 1.82) is 0 Å². The highest BCUT2D eigenvalue weighted by Gasteiger charge is 2.43. The number of ether oxygens (including phenoxy) is 2. The Kier molecular flexibility index (Phi) is 3.66. The van der Waals surface area contributed by atoms with E-state index in [-0.39, 0.29) is 13.1 Å². The minimum Gasteiger partial charge on any atom is -0.486 e. The van der Waals surface area contributed by atoms with Crippen LogP contribution in [0.15, 0.2) is 12.1 Å². The van der Waals surface area contributed by atoms with Gasteiger partial charge in [-0.15, -0.1) is 0 Å². The van der Waals surface area contributed by atoms with Gasteiger partial charge in [-0.25, -0.2) is 4.79 Å². The molecule has 0 saturated carbocycles. The maximum absolute atomic E-state index is 12.1. The molecule has 0 radical (unpaired) electrons. The van der Waals surface area contributed by atoms with Crippen molar-refractivity contribution in [3.05, 3.63) is 22.7 Å². The van der Waals surface area contributed by atoms with E-state index in [4.69, 9.17) is 21.1 Å². The minimum atomic E-state index is -0.835. The van der Waals surface area contributed by atoms with E-state index < -0.39 is 17.8 Å². The summed E-state index contributed by atoms with van der Waals surface area (Å²) in [5.41, 5.74) is 0.585. The quantitative estimate of drug-likeness (QED) is 0.621. The summed E-state index contributed by atoms with van der Waals surface area (Å²) < 4.78 is 10.9. The van der Waals surface area contributed by atoms with Gasteiger partial charge in [0.2, 0.25) is 0 Å². The zero-order valence-corrected chi connectivity index (χ0v) is 12.6. The molecule has 4 amide bonds. The van der Waals surface area contributed by atoms with Crippen molar-refractivity contribution < 1.29 is 23.9 Å². The van der Waals surface area contributed by atoms with E-state index in [1.807, 2.05) is 0 Å². The summed E-state index contributed by atoms with van der Waals surface area (Å²) >= 11 is 6.12. The number of carbonyl (C=O) groups is 3. The number of carbonyl (C=O) groups excluding carboxylic acids is 3. The number of amides is 4. The van der Waals surface area contributed by atoms with Crippen LogP contribution in [0, 0.1) is 0 Å². The Balaban J connectivity index is 1.87. The van der Waals surface area contributed by atoms with Crippen molar-refractivity contribution in [2.24, 2.45) is 0 Å². The molecule has 3 rings (SSSR count). The lowest BCUT2D eigenvalue weighted by Gasteiger charge is -2.21. The van der Waals surface area contributed by atoms with Gasteiger partial charge in [0.05, 0.1) is 11.6 Å². The molecular formula is C14H13ClN2O5. The Labute approximate surface area is 131 Å². The van der Waals surface area contributed by atoms with E-state index in [2.05, 4.69) is 0 Å². The predicted molar refractivity (Wildman–Crippen MR) is 75.8 cm³/mol. The van der Waals surface area contributed by atoms with Gasteiger partial charge in [0.1, 0.15) is 13.2 Å². The van der Waals surface area contributed by atoms with Crippen LogP contribution in [-0.4, -0.2) is 47.4 Å². The summed E-state index contributed by atoms with van der Waals surface area (Å²) in [6.07, 6.45) is 0. The van der Waals surface area contributed by atoms with Gasteiger partial charge in [0.25, 0.3) is 0 Å². The van der Waals surface area contributed by atoms with Crippen LogP contribution in [0.2, 0.25) is 5.02 Å². The molecule has 0 bridgehead atoms. The van der Waals surface area contributed by atoms with Crippen molar-refractivity contribution in [1.82, 2.24) is 9.80 Å². The molecule has 8 heteroatoms. The highest BCUT2D eigenvalue weighted by atomic mass is 35.5. The number of likely N-dealkylation sites (N-methyl/N-ethyl adjacent to an activating group) is 1. The molecule has 0 unspecified atom stereocenters. The van der Waals surface area contributed by atoms with E-state index in [0.29, 0.717) is 35.3 Å². The number of imide groups is 2. The summed E-state index contributed by atoms with van der Waals surface area (Å²) in [6, 6.07) is 2.62. The number of halogens is 1. The van der Waals surface area contributed by atoms with Crippen molar-refractivity contribution in [2.45, 2.75) is 13.5 Å². The lowest BCUT2D eigenvalue weighted by Crippen LogP contribution is -2.32. The predicted octanol–water partition coefficient (Wildman–Crippen LogP) is 1.42. The second-order valence-electron chi connectivity index (χ2n) is 4.83. The van der Waals surface area contributed by atoms with E-state index in [1.54, 1.807) is 19.1 Å². The third-order valence-electron chi connectivity index (χ3n) is 3.45. The fourth-order valence-corrected chi connectivity index (χ4v) is 2.69. The Bertz CT molecular complexity index is 675. The summed E-state index contributed by atoms with van der Waals surface area (Å²) in [5, 5.41) is 0.338. The fourth-order valence-electron chi connectivity index (χ4n) is 2.41. The number of nitrogens with zero attached hydrogens (tertiary/aromatic N) is 2. The summed E-state index contributed by atoms with van der Waals surface area (Å²) in [4.78, 5) is 37.4. The first-order valence-electron chi connectivity index (χ1n) is 6.78. The molecular weight excluding hydrogens is 312 g/mol. The van der Waals surface area contributed by atoms with Crippen molar-refractivity contribution in [3.8, 4) is 11.5 Å². The smallest absolute Gasteiger partial charge is 0.334 e. The van der Waals surface area contributed by atoms with Gasteiger partial charge in [0.15, 0.2) is 11.5 Å².